The van der Waals surface area contributed by atoms with Gasteiger partial charge in [0.2, 0.25) is 0 Å². The van der Waals surface area contributed by atoms with Crippen molar-refractivity contribution in [1.82, 2.24) is 0 Å². The second-order valence-corrected chi connectivity index (χ2v) is 12.7. The highest BCUT2D eigenvalue weighted by molar-refractivity contribution is 7.94. The molecule has 0 saturated carbocycles. The van der Waals surface area contributed by atoms with Crippen LogP contribution in [0.1, 0.15) is 58.2 Å². The topological polar surface area (TPSA) is 41.8 Å². The van der Waals surface area contributed by atoms with Gasteiger partial charge >= 0.3 is 0 Å². The molecule has 0 aliphatic carbocycles. The third-order valence-corrected chi connectivity index (χ3v) is 9.31. The van der Waals surface area contributed by atoms with Crippen LogP contribution in [0, 0.1) is 5.92 Å². The van der Waals surface area contributed by atoms with E-state index in [0.29, 0.717) is 0 Å². The van der Waals surface area contributed by atoms with E-state index >= 15 is 0 Å². The maximum Gasteiger partial charge on any atom is 0.106 e. The molecule has 1 N–H and O–H groups in total. The Morgan fingerprint density at radius 1 is 0.667 bits per heavy atom. The number of aliphatic hydroxyl groups is 1. The number of rotatable bonds is 8. The minimum Gasteiger partial charge on any atom is -0.387 e. The van der Waals surface area contributed by atoms with E-state index in [4.69, 9.17) is 9.18 Å². The zero-order chi connectivity index (χ0) is 29.9. The summed E-state index contributed by atoms with van der Waals surface area (Å²) < 4.78 is 6.03. The van der Waals surface area contributed by atoms with Gasteiger partial charge in [-0.1, -0.05) is 110 Å². The predicted molar refractivity (Wildman–Crippen MR) is 178 cm³/mol. The molecular formula is C38H39NO2S. The second-order valence-electron chi connectivity index (χ2n) is 11.9. The first kappa shape index (κ1) is 29.8. The number of hydrogen-bond acceptors (Lipinski definition) is 4. The molecule has 4 aromatic carbocycles. The van der Waals surface area contributed by atoms with Crippen LogP contribution in [-0.4, -0.2) is 22.0 Å². The van der Waals surface area contributed by atoms with Crippen LogP contribution in [0.5, 0.6) is 0 Å². The number of aliphatic imine (C=N–C) groups is 1. The minimum atomic E-state index is -0.963. The van der Waals surface area contributed by atoms with Gasteiger partial charge in [-0.05, 0) is 80.7 Å². The predicted octanol–water partition coefficient (Wildman–Crippen LogP) is 9.88. The number of hydrogen-bond donors (Lipinski definition) is 1. The molecule has 1 atom stereocenters. The molecule has 1 aliphatic heterocycles. The van der Waals surface area contributed by atoms with E-state index < -0.39 is 11.2 Å². The summed E-state index contributed by atoms with van der Waals surface area (Å²) >= 11 is 1.30. The number of allylic oxidation sites excluding steroid dienone is 3. The van der Waals surface area contributed by atoms with Crippen molar-refractivity contribution < 1.29 is 9.29 Å². The van der Waals surface area contributed by atoms with Crippen molar-refractivity contribution in [2.24, 2.45) is 10.9 Å². The zero-order valence-electron chi connectivity index (χ0n) is 25.3. The third-order valence-electron chi connectivity index (χ3n) is 8.35. The van der Waals surface area contributed by atoms with E-state index in [1.807, 2.05) is 26.0 Å². The van der Waals surface area contributed by atoms with Crippen LogP contribution in [-0.2, 0) is 4.18 Å². The van der Waals surface area contributed by atoms with Gasteiger partial charge in [-0.2, -0.15) is 0 Å². The fourth-order valence-electron chi connectivity index (χ4n) is 4.74. The standard InChI is InChI=1S/C38H39NO2S/c1-26-27(2)36(32-15-11-8-12-16-32)39-35(31-19-17-29(18-20-31)28-13-9-7-10-14-28)25-34(26)30-21-23-33(24-22-30)42-41-38(5,6)37(3,4)40/h7-25,27,40H,1-6H3. The highest BCUT2D eigenvalue weighted by atomic mass is 32.2. The molecule has 1 aliphatic rings. The Bertz CT molecular complexity index is 1610. The molecule has 0 saturated heterocycles. The SMILES string of the molecule is CC1=C(c2ccc(SOC(C)(C)C(C)(C)O)cc2)C=C(c2ccc(-c3ccccc3)cc2)N=C(c2ccccc2)C1C. The molecule has 42 heavy (non-hydrogen) atoms. The van der Waals surface area contributed by atoms with Crippen LogP contribution in [0.4, 0.5) is 0 Å². The molecule has 5 rings (SSSR count). The smallest absolute Gasteiger partial charge is 0.106 e. The molecule has 0 amide bonds. The van der Waals surface area contributed by atoms with E-state index in [0.717, 1.165) is 33.0 Å². The second kappa shape index (κ2) is 12.3. The first-order valence-electron chi connectivity index (χ1n) is 14.4. The molecule has 1 unspecified atom stereocenters. The van der Waals surface area contributed by atoms with Crippen molar-refractivity contribution in [3.8, 4) is 11.1 Å². The summed E-state index contributed by atoms with van der Waals surface area (Å²) in [6, 6.07) is 38.1. The summed E-state index contributed by atoms with van der Waals surface area (Å²) in [5.41, 5.74) is 8.52. The lowest BCUT2D eigenvalue weighted by Gasteiger charge is -2.35. The number of nitrogens with zero attached hydrogens (tertiary/aromatic N) is 1. The fourth-order valence-corrected chi connectivity index (χ4v) is 5.49. The Kier molecular flexibility index (Phi) is 8.70. The van der Waals surface area contributed by atoms with E-state index in [1.165, 1.54) is 34.3 Å². The summed E-state index contributed by atoms with van der Waals surface area (Å²) in [5, 5.41) is 10.5. The van der Waals surface area contributed by atoms with Gasteiger partial charge in [-0.15, -0.1) is 0 Å². The van der Waals surface area contributed by atoms with Gasteiger partial charge in [0.25, 0.3) is 0 Å². The van der Waals surface area contributed by atoms with Crippen molar-refractivity contribution in [2.45, 2.75) is 57.6 Å². The molecule has 0 fully saturated rings. The van der Waals surface area contributed by atoms with E-state index in [9.17, 15) is 5.11 Å². The summed E-state index contributed by atoms with van der Waals surface area (Å²) in [7, 11) is 0. The largest absolute Gasteiger partial charge is 0.387 e. The number of benzene rings is 4. The lowest BCUT2D eigenvalue weighted by atomic mass is 9.87. The van der Waals surface area contributed by atoms with Crippen LogP contribution < -0.4 is 0 Å². The lowest BCUT2D eigenvalue weighted by molar-refractivity contribution is -0.0813. The molecule has 4 heteroatoms. The van der Waals surface area contributed by atoms with Gasteiger partial charge in [-0.3, -0.25) is 4.99 Å². The van der Waals surface area contributed by atoms with Crippen molar-refractivity contribution in [2.75, 3.05) is 0 Å². The van der Waals surface area contributed by atoms with Gasteiger partial charge in [-0.25, -0.2) is 0 Å². The molecule has 0 radical (unpaired) electrons. The average Bonchev–Trinajstić information content (AvgIpc) is 3.13. The highest BCUT2D eigenvalue weighted by Gasteiger charge is 2.37. The Morgan fingerprint density at radius 2 is 1.17 bits per heavy atom. The van der Waals surface area contributed by atoms with Gasteiger partial charge in [0.15, 0.2) is 0 Å². The Labute approximate surface area is 254 Å². The lowest BCUT2D eigenvalue weighted by Crippen LogP contribution is -2.45. The summed E-state index contributed by atoms with van der Waals surface area (Å²) in [6.07, 6.45) is 2.23. The van der Waals surface area contributed by atoms with Crippen LogP contribution in [0.15, 0.2) is 131 Å². The van der Waals surface area contributed by atoms with Crippen molar-refractivity contribution in [3.63, 3.8) is 0 Å². The van der Waals surface area contributed by atoms with E-state index in [2.05, 4.69) is 117 Å². The fraction of sp³-hybridized carbons (Fsp3) is 0.237. The maximum absolute atomic E-state index is 10.5. The highest BCUT2D eigenvalue weighted by Crippen LogP contribution is 2.37. The van der Waals surface area contributed by atoms with Crippen LogP contribution in [0.25, 0.3) is 22.4 Å². The molecule has 4 aromatic rings. The van der Waals surface area contributed by atoms with Gasteiger partial charge < -0.3 is 9.29 Å². The Hall–Kier alpha value is -3.70. The van der Waals surface area contributed by atoms with E-state index in [1.54, 1.807) is 13.8 Å². The normalized spacial score (nSPS) is 16.1. The van der Waals surface area contributed by atoms with Crippen LogP contribution in [0.3, 0.4) is 0 Å². The molecule has 0 bridgehead atoms. The first-order chi connectivity index (χ1) is 20.0. The van der Waals surface area contributed by atoms with E-state index in [-0.39, 0.29) is 5.92 Å². The summed E-state index contributed by atoms with van der Waals surface area (Å²) in [5.74, 6) is 0.129. The van der Waals surface area contributed by atoms with Crippen molar-refractivity contribution in [1.29, 1.82) is 0 Å². The molecule has 214 valence electrons. The Balaban J connectivity index is 1.52. The monoisotopic (exact) mass is 573 g/mol. The zero-order valence-corrected chi connectivity index (χ0v) is 26.1. The summed E-state index contributed by atoms with van der Waals surface area (Å²) in [4.78, 5) is 6.30. The van der Waals surface area contributed by atoms with Gasteiger partial charge in [0, 0.05) is 28.4 Å². The molecule has 0 spiro atoms. The van der Waals surface area contributed by atoms with Gasteiger partial charge in [0.05, 0.1) is 17.0 Å². The molecule has 0 aromatic heterocycles. The minimum absolute atomic E-state index is 0.129. The van der Waals surface area contributed by atoms with Crippen LogP contribution >= 0.6 is 12.0 Å². The first-order valence-corrected chi connectivity index (χ1v) is 15.2. The maximum atomic E-state index is 10.5. The average molecular weight is 574 g/mol. The summed E-state index contributed by atoms with van der Waals surface area (Å²) in [6.45, 7) is 11.8. The van der Waals surface area contributed by atoms with Gasteiger partial charge in [0.1, 0.15) is 5.60 Å². The quantitative estimate of drug-likeness (QED) is 0.213. The van der Waals surface area contributed by atoms with Crippen LogP contribution in [0.2, 0.25) is 0 Å². The van der Waals surface area contributed by atoms with Crippen molar-refractivity contribution >= 4 is 29.0 Å². The Morgan fingerprint density at radius 3 is 1.74 bits per heavy atom. The molecular weight excluding hydrogens is 534 g/mol. The molecule has 1 heterocycles. The van der Waals surface area contributed by atoms with Crippen molar-refractivity contribution in [3.05, 3.63) is 138 Å². The third kappa shape index (κ3) is 6.52. The molecule has 3 nitrogen and oxygen atoms in total.